The third-order valence-corrected chi connectivity index (χ3v) is 7.41. The third kappa shape index (κ3) is 2.80. The Balaban J connectivity index is 1.50. The Bertz CT molecular complexity index is 947. The zero-order valence-corrected chi connectivity index (χ0v) is 17.0. The van der Waals surface area contributed by atoms with Crippen LogP contribution in [0.1, 0.15) is 36.0 Å². The number of para-hydroxylation sites is 2. The van der Waals surface area contributed by atoms with Gasteiger partial charge in [-0.25, -0.2) is 4.79 Å². The zero-order chi connectivity index (χ0) is 19.4. The minimum absolute atomic E-state index is 0.126. The quantitative estimate of drug-likeness (QED) is 0.722. The normalized spacial score (nSPS) is 26.3. The number of piperidine rings is 1. The molecule has 3 aliphatic heterocycles. The predicted molar refractivity (Wildman–Crippen MR) is 112 cm³/mol. The molecule has 4 heterocycles. The number of anilines is 3. The van der Waals surface area contributed by atoms with Gasteiger partial charge in [0.1, 0.15) is 4.34 Å². The average Bonchev–Trinajstić information content (AvgIpc) is 3.07. The van der Waals surface area contributed by atoms with E-state index in [0.717, 1.165) is 12.8 Å². The van der Waals surface area contributed by atoms with Gasteiger partial charge in [-0.2, -0.15) is 0 Å². The van der Waals surface area contributed by atoms with E-state index in [1.165, 1.54) is 24.2 Å². The van der Waals surface area contributed by atoms with Crippen molar-refractivity contribution < 1.29 is 9.59 Å². The molecule has 3 aliphatic rings. The van der Waals surface area contributed by atoms with Crippen molar-refractivity contribution in [3.8, 4) is 0 Å². The molecule has 2 bridgehead atoms. The minimum atomic E-state index is -0.252. The number of hydrogen-bond acceptors (Lipinski definition) is 4. The van der Waals surface area contributed by atoms with Crippen LogP contribution in [0, 0.1) is 0 Å². The molecule has 0 aliphatic carbocycles. The van der Waals surface area contributed by atoms with Gasteiger partial charge in [0.2, 0.25) is 0 Å². The van der Waals surface area contributed by atoms with Gasteiger partial charge in [-0.3, -0.25) is 9.69 Å². The van der Waals surface area contributed by atoms with Crippen molar-refractivity contribution in [2.24, 2.45) is 0 Å². The van der Waals surface area contributed by atoms with Gasteiger partial charge in [-0.05, 0) is 44.9 Å². The molecule has 5 rings (SSSR count). The van der Waals surface area contributed by atoms with Crippen LogP contribution >= 0.6 is 22.9 Å². The van der Waals surface area contributed by atoms with E-state index >= 15 is 0 Å². The van der Waals surface area contributed by atoms with E-state index in [0.29, 0.717) is 39.0 Å². The van der Waals surface area contributed by atoms with Gasteiger partial charge in [0.15, 0.2) is 0 Å². The number of nitrogens with one attached hydrogen (secondary N) is 2. The highest BCUT2D eigenvalue weighted by Crippen LogP contribution is 2.45. The highest BCUT2D eigenvalue weighted by molar-refractivity contribution is 7.15. The molecule has 1 aromatic heterocycles. The number of halogens is 1. The molecule has 2 aromatic rings. The summed E-state index contributed by atoms with van der Waals surface area (Å²) in [5.74, 6) is -0.252. The number of benzene rings is 1. The van der Waals surface area contributed by atoms with Gasteiger partial charge in [0, 0.05) is 23.5 Å². The highest BCUT2D eigenvalue weighted by atomic mass is 35.5. The summed E-state index contributed by atoms with van der Waals surface area (Å²) in [5, 5.41) is 7.81. The molecule has 0 saturated carbocycles. The van der Waals surface area contributed by atoms with Gasteiger partial charge in [-0.15, -0.1) is 11.3 Å². The monoisotopic (exact) mass is 416 g/mol. The fourth-order valence-electron chi connectivity index (χ4n) is 4.76. The first-order chi connectivity index (χ1) is 13.5. The lowest BCUT2D eigenvalue weighted by Crippen LogP contribution is -2.51. The number of amides is 3. The Kier molecular flexibility index (Phi) is 4.34. The summed E-state index contributed by atoms with van der Waals surface area (Å²) >= 11 is 7.69. The summed E-state index contributed by atoms with van der Waals surface area (Å²) in [6.07, 6.45) is 4.29. The largest absolute Gasteiger partial charge is 0.335 e. The molecule has 146 valence electrons. The van der Waals surface area contributed by atoms with E-state index in [2.05, 4.69) is 22.6 Å². The number of urea groups is 1. The SMILES string of the molecule is CN1C2CCC1CC(NC(=O)N1c3ccccc3NC(=O)c3csc(Cl)c31)C2. The Morgan fingerprint density at radius 1 is 1.25 bits per heavy atom. The van der Waals surface area contributed by atoms with E-state index in [-0.39, 0.29) is 18.0 Å². The second-order valence-corrected chi connectivity index (χ2v) is 9.23. The summed E-state index contributed by atoms with van der Waals surface area (Å²) < 4.78 is 0.431. The molecular weight excluding hydrogens is 396 g/mol. The number of fused-ring (bicyclic) bond motifs is 4. The molecule has 2 N–H and O–H groups in total. The van der Waals surface area contributed by atoms with Crippen molar-refractivity contribution in [2.75, 3.05) is 17.3 Å². The molecule has 28 heavy (non-hydrogen) atoms. The smallest absolute Gasteiger partial charge is 0.326 e. The highest BCUT2D eigenvalue weighted by Gasteiger charge is 2.40. The first-order valence-corrected chi connectivity index (χ1v) is 10.8. The topological polar surface area (TPSA) is 64.7 Å². The summed E-state index contributed by atoms with van der Waals surface area (Å²) in [5.41, 5.74) is 2.11. The van der Waals surface area contributed by atoms with Crippen LogP contribution in [0.4, 0.5) is 21.9 Å². The van der Waals surface area contributed by atoms with Crippen LogP contribution in [0.2, 0.25) is 4.34 Å². The number of rotatable bonds is 1. The maximum Gasteiger partial charge on any atom is 0.326 e. The Morgan fingerprint density at radius 3 is 2.71 bits per heavy atom. The lowest BCUT2D eigenvalue weighted by atomic mass is 9.98. The van der Waals surface area contributed by atoms with Crippen molar-refractivity contribution in [1.29, 1.82) is 0 Å². The molecule has 6 nitrogen and oxygen atoms in total. The van der Waals surface area contributed by atoms with E-state index in [1.807, 2.05) is 18.2 Å². The fourth-order valence-corrected chi connectivity index (χ4v) is 5.83. The van der Waals surface area contributed by atoms with Crippen molar-refractivity contribution in [3.63, 3.8) is 0 Å². The van der Waals surface area contributed by atoms with Crippen LogP contribution in [-0.4, -0.2) is 42.0 Å². The maximum absolute atomic E-state index is 13.4. The predicted octanol–water partition coefficient (Wildman–Crippen LogP) is 4.44. The molecule has 2 fully saturated rings. The Hall–Kier alpha value is -2.09. The second-order valence-electron chi connectivity index (χ2n) is 7.75. The molecule has 1 aromatic carbocycles. The first-order valence-electron chi connectivity index (χ1n) is 9.53. The number of hydrogen-bond donors (Lipinski definition) is 2. The average molecular weight is 417 g/mol. The van der Waals surface area contributed by atoms with Crippen molar-refractivity contribution in [1.82, 2.24) is 10.2 Å². The first kappa shape index (κ1) is 18.0. The van der Waals surface area contributed by atoms with E-state index < -0.39 is 0 Å². The summed E-state index contributed by atoms with van der Waals surface area (Å²) in [6, 6.07) is 8.27. The van der Waals surface area contributed by atoms with Crippen molar-refractivity contribution >= 4 is 51.9 Å². The molecule has 2 atom stereocenters. The molecule has 0 spiro atoms. The van der Waals surface area contributed by atoms with Crippen LogP contribution in [0.3, 0.4) is 0 Å². The number of carbonyl (C=O) groups is 2. The van der Waals surface area contributed by atoms with Crippen LogP contribution < -0.4 is 15.5 Å². The molecule has 2 saturated heterocycles. The van der Waals surface area contributed by atoms with Gasteiger partial charge >= 0.3 is 6.03 Å². The summed E-state index contributed by atoms with van der Waals surface area (Å²) in [6.45, 7) is 0. The molecule has 2 unspecified atom stereocenters. The van der Waals surface area contributed by atoms with Crippen molar-refractivity contribution in [2.45, 2.75) is 43.8 Å². The van der Waals surface area contributed by atoms with Crippen LogP contribution in [-0.2, 0) is 0 Å². The molecular formula is C20H21ClN4O2S. The minimum Gasteiger partial charge on any atom is -0.335 e. The van der Waals surface area contributed by atoms with E-state index in [9.17, 15) is 9.59 Å². The summed E-state index contributed by atoms with van der Waals surface area (Å²) in [7, 11) is 2.18. The maximum atomic E-state index is 13.4. The lowest BCUT2D eigenvalue weighted by Gasteiger charge is -2.37. The standard InChI is InChI=1S/C20H21ClN4O2S/c1-24-12-6-7-13(24)9-11(8-12)22-20(27)25-16-5-3-2-4-15(16)23-19(26)14-10-28-18(21)17(14)25/h2-5,10-13H,6-9H2,1H3,(H,22,27)(H,23,26). The molecule has 0 radical (unpaired) electrons. The lowest BCUT2D eigenvalue weighted by molar-refractivity contribution is 0.102. The Morgan fingerprint density at radius 2 is 1.96 bits per heavy atom. The second kappa shape index (κ2) is 6.76. The van der Waals surface area contributed by atoms with E-state index in [1.54, 1.807) is 16.3 Å². The fraction of sp³-hybridized carbons (Fsp3) is 0.400. The van der Waals surface area contributed by atoms with Gasteiger partial charge in [0.05, 0.1) is 22.6 Å². The van der Waals surface area contributed by atoms with Crippen LogP contribution in [0.5, 0.6) is 0 Å². The number of nitrogens with zero attached hydrogens (tertiary/aromatic N) is 2. The van der Waals surface area contributed by atoms with E-state index in [4.69, 9.17) is 11.6 Å². The molecule has 3 amide bonds. The third-order valence-electron chi connectivity index (χ3n) is 6.21. The zero-order valence-electron chi connectivity index (χ0n) is 15.4. The summed E-state index contributed by atoms with van der Waals surface area (Å²) in [4.78, 5) is 30.1. The van der Waals surface area contributed by atoms with Crippen LogP contribution in [0.15, 0.2) is 29.6 Å². The van der Waals surface area contributed by atoms with Crippen LogP contribution in [0.25, 0.3) is 0 Å². The number of thiophene rings is 1. The van der Waals surface area contributed by atoms with Gasteiger partial charge in [-0.1, -0.05) is 23.7 Å². The van der Waals surface area contributed by atoms with Gasteiger partial charge in [0.25, 0.3) is 5.91 Å². The van der Waals surface area contributed by atoms with Crippen molar-refractivity contribution in [3.05, 3.63) is 39.5 Å². The molecule has 8 heteroatoms. The number of carbonyl (C=O) groups excluding carboxylic acids is 2. The Labute approximate surface area is 172 Å². The van der Waals surface area contributed by atoms with Gasteiger partial charge < -0.3 is 15.5 Å².